The van der Waals surface area contributed by atoms with Gasteiger partial charge in [0.25, 0.3) is 0 Å². The van der Waals surface area contributed by atoms with Crippen molar-refractivity contribution in [2.24, 2.45) is 4.99 Å². The average molecular weight is 351 g/mol. The van der Waals surface area contributed by atoms with Gasteiger partial charge in [0, 0.05) is 52.7 Å². The molecule has 0 unspecified atom stereocenters. The summed E-state index contributed by atoms with van der Waals surface area (Å²) in [5, 5.41) is 15.4. The van der Waals surface area contributed by atoms with Crippen LogP contribution in [-0.2, 0) is 24.1 Å². The van der Waals surface area contributed by atoms with E-state index in [1.165, 1.54) is 25.7 Å². The molecule has 142 valence electrons. The second-order valence-corrected chi connectivity index (χ2v) is 6.49. The van der Waals surface area contributed by atoms with Gasteiger partial charge in [0.1, 0.15) is 11.6 Å². The number of hydrogen-bond acceptors (Lipinski definition) is 4. The van der Waals surface area contributed by atoms with E-state index < -0.39 is 0 Å². The van der Waals surface area contributed by atoms with Crippen molar-refractivity contribution < 1.29 is 4.74 Å². The molecule has 0 bridgehead atoms. The van der Waals surface area contributed by atoms with Gasteiger partial charge in [-0.1, -0.05) is 19.8 Å². The van der Waals surface area contributed by atoms with Gasteiger partial charge in [-0.3, -0.25) is 4.99 Å². The lowest BCUT2D eigenvalue weighted by Gasteiger charge is -2.12. The molecular weight excluding hydrogens is 316 g/mol. The summed E-state index contributed by atoms with van der Waals surface area (Å²) in [6.45, 7) is 6.58. The topological polar surface area (TPSA) is 76.4 Å². The Morgan fingerprint density at radius 3 is 2.80 bits per heavy atom. The minimum Gasteiger partial charge on any atom is -0.381 e. The van der Waals surface area contributed by atoms with Crippen LogP contribution in [0.4, 0.5) is 0 Å². The lowest BCUT2D eigenvalue weighted by molar-refractivity contribution is 0.129. The highest BCUT2D eigenvalue weighted by Gasteiger charge is 2.14. The number of rotatable bonds is 10. The Balaban J connectivity index is 1.62. The standard InChI is InChI=1S/C18H34N6O/c1-3-4-14-25-15-8-11-20-18(19-2)21-12-10-17-23-22-16-9-6-5-7-13-24(16)17/h3-15H2,1-2H3,(H2,19,20,21). The van der Waals surface area contributed by atoms with Crippen molar-refractivity contribution in [3.05, 3.63) is 11.6 Å². The molecular formula is C18H34N6O. The van der Waals surface area contributed by atoms with E-state index in [1.54, 1.807) is 7.05 Å². The zero-order valence-corrected chi connectivity index (χ0v) is 15.9. The molecule has 2 N–H and O–H groups in total. The van der Waals surface area contributed by atoms with E-state index in [0.29, 0.717) is 0 Å². The van der Waals surface area contributed by atoms with Crippen LogP contribution >= 0.6 is 0 Å². The molecule has 7 nitrogen and oxygen atoms in total. The van der Waals surface area contributed by atoms with Gasteiger partial charge in [-0.05, 0) is 25.7 Å². The van der Waals surface area contributed by atoms with Gasteiger partial charge in [0.05, 0.1) is 0 Å². The van der Waals surface area contributed by atoms with Gasteiger partial charge in [-0.2, -0.15) is 0 Å². The fourth-order valence-corrected chi connectivity index (χ4v) is 2.97. The molecule has 0 amide bonds. The summed E-state index contributed by atoms with van der Waals surface area (Å²) in [6, 6.07) is 0. The molecule has 2 heterocycles. The summed E-state index contributed by atoms with van der Waals surface area (Å²) < 4.78 is 7.87. The number of aliphatic imine (C=N–C) groups is 1. The van der Waals surface area contributed by atoms with Crippen LogP contribution < -0.4 is 10.6 Å². The van der Waals surface area contributed by atoms with Crippen molar-refractivity contribution in [1.82, 2.24) is 25.4 Å². The van der Waals surface area contributed by atoms with E-state index in [4.69, 9.17) is 4.74 Å². The van der Waals surface area contributed by atoms with Gasteiger partial charge < -0.3 is 19.9 Å². The number of aryl methyl sites for hydroxylation is 1. The monoisotopic (exact) mass is 350 g/mol. The molecule has 7 heteroatoms. The number of guanidine groups is 1. The molecule has 0 saturated carbocycles. The third kappa shape index (κ3) is 7.02. The van der Waals surface area contributed by atoms with Crippen LogP contribution in [0.3, 0.4) is 0 Å². The average Bonchev–Trinajstić information content (AvgIpc) is 2.86. The fourth-order valence-electron chi connectivity index (χ4n) is 2.97. The first-order chi connectivity index (χ1) is 12.3. The van der Waals surface area contributed by atoms with Gasteiger partial charge in [-0.15, -0.1) is 10.2 Å². The highest BCUT2D eigenvalue weighted by molar-refractivity contribution is 5.79. The van der Waals surface area contributed by atoms with E-state index in [2.05, 4.69) is 37.3 Å². The summed E-state index contributed by atoms with van der Waals surface area (Å²) in [5.74, 6) is 3.08. The Morgan fingerprint density at radius 2 is 1.96 bits per heavy atom. The first kappa shape index (κ1) is 19.7. The zero-order chi connectivity index (χ0) is 17.7. The summed E-state index contributed by atoms with van der Waals surface area (Å²) in [4.78, 5) is 4.27. The predicted octanol–water partition coefficient (Wildman–Crippen LogP) is 1.92. The predicted molar refractivity (Wildman–Crippen MR) is 101 cm³/mol. The third-order valence-corrected chi connectivity index (χ3v) is 4.45. The number of fused-ring (bicyclic) bond motifs is 1. The molecule has 2 rings (SSSR count). The second kappa shape index (κ2) is 11.8. The zero-order valence-electron chi connectivity index (χ0n) is 15.9. The fraction of sp³-hybridized carbons (Fsp3) is 0.833. The Hall–Kier alpha value is -1.63. The van der Waals surface area contributed by atoms with E-state index in [9.17, 15) is 0 Å². The lowest BCUT2D eigenvalue weighted by atomic mass is 10.2. The van der Waals surface area contributed by atoms with Crippen LogP contribution in [0.1, 0.15) is 57.1 Å². The third-order valence-electron chi connectivity index (χ3n) is 4.45. The van der Waals surface area contributed by atoms with Crippen molar-refractivity contribution >= 4 is 5.96 Å². The minimum atomic E-state index is 0.801. The second-order valence-electron chi connectivity index (χ2n) is 6.49. The largest absolute Gasteiger partial charge is 0.381 e. The molecule has 0 saturated heterocycles. The summed E-state index contributed by atoms with van der Waals surface area (Å²) in [5.41, 5.74) is 0. The van der Waals surface area contributed by atoms with Gasteiger partial charge >= 0.3 is 0 Å². The van der Waals surface area contributed by atoms with Gasteiger partial charge in [-0.25, -0.2) is 0 Å². The maximum absolute atomic E-state index is 5.56. The maximum atomic E-state index is 5.56. The Kier molecular flexibility index (Phi) is 9.33. The minimum absolute atomic E-state index is 0.801. The Labute approximate surface area is 151 Å². The molecule has 1 aliphatic rings. The van der Waals surface area contributed by atoms with Crippen molar-refractivity contribution in [3.8, 4) is 0 Å². The summed E-state index contributed by atoms with van der Waals surface area (Å²) >= 11 is 0. The molecule has 0 spiro atoms. The van der Waals surface area contributed by atoms with Crippen LogP contribution in [0, 0.1) is 0 Å². The number of nitrogens with zero attached hydrogens (tertiary/aromatic N) is 4. The molecule has 0 aliphatic carbocycles. The molecule has 0 fully saturated rings. The molecule has 1 aromatic heterocycles. The number of ether oxygens (including phenoxy) is 1. The quantitative estimate of drug-likeness (QED) is 0.383. The highest BCUT2D eigenvalue weighted by atomic mass is 16.5. The van der Waals surface area contributed by atoms with Crippen LogP contribution in [-0.4, -0.2) is 54.1 Å². The van der Waals surface area contributed by atoms with E-state index in [1.807, 2.05) is 0 Å². The van der Waals surface area contributed by atoms with E-state index >= 15 is 0 Å². The first-order valence-electron chi connectivity index (χ1n) is 9.78. The number of hydrogen-bond donors (Lipinski definition) is 2. The SMILES string of the molecule is CCCCOCCCNC(=NC)NCCc1nnc2n1CCCCC2. The first-order valence-corrected chi connectivity index (χ1v) is 9.78. The molecule has 0 radical (unpaired) electrons. The number of aromatic nitrogens is 3. The van der Waals surface area contributed by atoms with E-state index in [0.717, 1.165) is 76.1 Å². The van der Waals surface area contributed by atoms with Crippen molar-refractivity contribution in [3.63, 3.8) is 0 Å². The van der Waals surface area contributed by atoms with Crippen LogP contribution in [0.5, 0.6) is 0 Å². The lowest BCUT2D eigenvalue weighted by Crippen LogP contribution is -2.39. The molecule has 0 atom stereocenters. The summed E-state index contributed by atoms with van der Waals surface area (Å²) in [6.07, 6.45) is 9.00. The van der Waals surface area contributed by atoms with Crippen molar-refractivity contribution in [1.29, 1.82) is 0 Å². The Morgan fingerprint density at radius 1 is 1.12 bits per heavy atom. The molecule has 1 aromatic rings. The smallest absolute Gasteiger partial charge is 0.190 e. The normalized spacial score (nSPS) is 14.9. The van der Waals surface area contributed by atoms with Crippen molar-refractivity contribution in [2.75, 3.05) is 33.4 Å². The highest BCUT2D eigenvalue weighted by Crippen LogP contribution is 2.14. The molecule has 25 heavy (non-hydrogen) atoms. The van der Waals surface area contributed by atoms with Crippen LogP contribution in [0.25, 0.3) is 0 Å². The maximum Gasteiger partial charge on any atom is 0.190 e. The number of unbranched alkanes of at least 4 members (excludes halogenated alkanes) is 1. The molecule has 0 aromatic carbocycles. The van der Waals surface area contributed by atoms with E-state index in [-0.39, 0.29) is 0 Å². The number of nitrogens with one attached hydrogen (secondary N) is 2. The van der Waals surface area contributed by atoms with Crippen LogP contribution in [0.15, 0.2) is 4.99 Å². The molecule has 1 aliphatic heterocycles. The Bertz CT molecular complexity index is 514. The van der Waals surface area contributed by atoms with Crippen LogP contribution in [0.2, 0.25) is 0 Å². The summed E-state index contributed by atoms with van der Waals surface area (Å²) in [7, 11) is 1.80. The van der Waals surface area contributed by atoms with Gasteiger partial charge in [0.2, 0.25) is 0 Å². The van der Waals surface area contributed by atoms with Gasteiger partial charge in [0.15, 0.2) is 5.96 Å². The van der Waals surface area contributed by atoms with Crippen molar-refractivity contribution in [2.45, 2.75) is 64.8 Å².